The van der Waals surface area contributed by atoms with Gasteiger partial charge in [0, 0.05) is 12.3 Å². The number of aromatic nitrogens is 2. The lowest BCUT2D eigenvalue weighted by Gasteiger charge is -2.17. The molecule has 1 aliphatic heterocycles. The van der Waals surface area contributed by atoms with Crippen molar-refractivity contribution in [3.05, 3.63) is 33.1 Å². The molecule has 0 saturated carbocycles. The summed E-state index contributed by atoms with van der Waals surface area (Å²) in [5, 5.41) is 0. The quantitative estimate of drug-likeness (QED) is 0.852. The van der Waals surface area contributed by atoms with E-state index in [1.54, 1.807) is 0 Å². The second kappa shape index (κ2) is 6.56. The van der Waals surface area contributed by atoms with Crippen LogP contribution >= 0.6 is 25.4 Å². The van der Waals surface area contributed by atoms with E-state index >= 15 is 0 Å². The Bertz CT molecular complexity index is 544. The Hall–Kier alpha value is -0.110. The molecule has 1 aromatic heterocycles. The lowest BCUT2D eigenvalue weighted by atomic mass is 10.0. The van der Waals surface area contributed by atoms with Gasteiger partial charge in [0.15, 0.2) is 0 Å². The van der Waals surface area contributed by atoms with E-state index in [2.05, 4.69) is 29.8 Å². The zero-order valence-electron chi connectivity index (χ0n) is 10.5. The van der Waals surface area contributed by atoms with Crippen LogP contribution in [0.4, 0.5) is 0 Å². The molecule has 19 heavy (non-hydrogen) atoms. The fourth-order valence-corrected chi connectivity index (χ4v) is 2.89. The van der Waals surface area contributed by atoms with Gasteiger partial charge in [-0.1, -0.05) is 24.8 Å². The van der Waals surface area contributed by atoms with Gasteiger partial charge in [-0.15, -0.1) is 0 Å². The molecule has 0 amide bonds. The van der Waals surface area contributed by atoms with Crippen LogP contribution in [0.2, 0.25) is 0 Å². The molecule has 0 radical (unpaired) electrons. The summed E-state index contributed by atoms with van der Waals surface area (Å²) in [6, 6.07) is 1.32. The number of H-pyrrole nitrogens is 1. The molecule has 9 heteroatoms. The minimum Gasteiger partial charge on any atom is -0.352 e. The average Bonchev–Trinajstić information content (AvgIpc) is 2.67. The standard InChI is InChI=1S/C10H17N2O4P3/c1-6-4-9(16-7(6)5-15-19(17)18)12-3-2-8(13)11-10(12)14/h2-3,6-7,9H,4-5,17-18H2,1H3,(H,11,13,14)/t6?,7-,9-/m1/s1. The number of nitrogens with zero attached hydrogens (tertiary/aromatic N) is 1. The molecule has 0 aliphatic carbocycles. The van der Waals surface area contributed by atoms with Crippen LogP contribution in [0.5, 0.6) is 0 Å². The second-order valence-corrected chi connectivity index (χ2v) is 10.3. The predicted molar refractivity (Wildman–Crippen MR) is 81.3 cm³/mol. The Kier molecular flexibility index (Phi) is 5.28. The summed E-state index contributed by atoms with van der Waals surface area (Å²) in [4.78, 5) is 25.0. The summed E-state index contributed by atoms with van der Waals surface area (Å²) >= 11 is 0. The first-order valence-electron chi connectivity index (χ1n) is 5.86. The maximum atomic E-state index is 11.7. The largest absolute Gasteiger partial charge is 0.352 e. The van der Waals surface area contributed by atoms with Crippen LogP contribution in [0.25, 0.3) is 0 Å². The van der Waals surface area contributed by atoms with Crippen molar-refractivity contribution in [1.82, 2.24) is 9.55 Å². The summed E-state index contributed by atoms with van der Waals surface area (Å²) in [7, 11) is 4.61. The Morgan fingerprint density at radius 3 is 2.95 bits per heavy atom. The van der Waals surface area contributed by atoms with Crippen molar-refractivity contribution < 1.29 is 9.26 Å². The SMILES string of the molecule is CC1C[C@H](n2ccc(=O)[nH]c2=O)O[C@@H]1COP(P)P. The van der Waals surface area contributed by atoms with Crippen LogP contribution in [0.15, 0.2) is 21.9 Å². The average molecular weight is 322 g/mol. The van der Waals surface area contributed by atoms with Crippen molar-refractivity contribution in [3.63, 3.8) is 0 Å². The third kappa shape index (κ3) is 3.93. The molecule has 2 rings (SSSR count). The minimum atomic E-state index is -0.577. The van der Waals surface area contributed by atoms with E-state index in [0.29, 0.717) is 12.5 Å². The first kappa shape index (κ1) is 15.3. The zero-order chi connectivity index (χ0) is 14.0. The molecule has 5 atom stereocenters. The van der Waals surface area contributed by atoms with Gasteiger partial charge in [0.1, 0.15) is 6.23 Å². The first-order valence-corrected chi connectivity index (χ1v) is 10.4. The van der Waals surface area contributed by atoms with Crippen molar-refractivity contribution in [1.29, 1.82) is 0 Å². The highest BCUT2D eigenvalue weighted by Crippen LogP contribution is 2.54. The van der Waals surface area contributed by atoms with Crippen molar-refractivity contribution in [2.45, 2.75) is 25.7 Å². The third-order valence-corrected chi connectivity index (χ3v) is 4.43. The molecule has 6 nitrogen and oxygen atoms in total. The molecule has 3 unspecified atom stereocenters. The van der Waals surface area contributed by atoms with Gasteiger partial charge in [-0.2, -0.15) is 0 Å². The van der Waals surface area contributed by atoms with Crippen LogP contribution in [-0.4, -0.2) is 22.3 Å². The van der Waals surface area contributed by atoms with E-state index in [4.69, 9.17) is 9.26 Å². The van der Waals surface area contributed by atoms with E-state index in [1.807, 2.05) is 0 Å². The van der Waals surface area contributed by atoms with Gasteiger partial charge in [0.2, 0.25) is 0 Å². The van der Waals surface area contributed by atoms with Crippen molar-refractivity contribution in [2.75, 3.05) is 6.61 Å². The molecule has 2 heterocycles. The smallest absolute Gasteiger partial charge is 0.330 e. The predicted octanol–water partition coefficient (Wildman–Crippen LogP) is 1.45. The highest BCUT2D eigenvalue weighted by molar-refractivity contribution is 8.41. The highest BCUT2D eigenvalue weighted by atomic mass is 32.4. The van der Waals surface area contributed by atoms with Crippen LogP contribution < -0.4 is 11.2 Å². The van der Waals surface area contributed by atoms with E-state index in [9.17, 15) is 9.59 Å². The van der Waals surface area contributed by atoms with Crippen LogP contribution in [0.1, 0.15) is 19.6 Å². The topological polar surface area (TPSA) is 73.3 Å². The number of hydrogen-bond acceptors (Lipinski definition) is 4. The molecule has 0 bridgehead atoms. The van der Waals surface area contributed by atoms with E-state index < -0.39 is 18.8 Å². The van der Waals surface area contributed by atoms with E-state index in [-0.39, 0.29) is 12.3 Å². The lowest BCUT2D eigenvalue weighted by molar-refractivity contribution is -0.0240. The molecule has 1 fully saturated rings. The van der Waals surface area contributed by atoms with Crippen molar-refractivity contribution in [3.8, 4) is 0 Å². The second-order valence-electron chi connectivity index (χ2n) is 4.52. The summed E-state index contributed by atoms with van der Waals surface area (Å²) in [5.74, 6) is 0.300. The van der Waals surface area contributed by atoms with Crippen LogP contribution in [-0.2, 0) is 9.26 Å². The van der Waals surface area contributed by atoms with Gasteiger partial charge < -0.3 is 9.26 Å². The number of ether oxygens (including phenoxy) is 1. The van der Waals surface area contributed by atoms with Crippen LogP contribution in [0.3, 0.4) is 0 Å². The van der Waals surface area contributed by atoms with Gasteiger partial charge in [-0.25, -0.2) is 4.79 Å². The molecular formula is C10H17N2O4P3. The van der Waals surface area contributed by atoms with E-state index in [0.717, 1.165) is 6.42 Å². The number of hydrogen-bond donors (Lipinski definition) is 1. The molecule has 1 N–H and O–H groups in total. The maximum Gasteiger partial charge on any atom is 0.330 e. The molecule has 1 aliphatic rings. The first-order chi connectivity index (χ1) is 8.97. The van der Waals surface area contributed by atoms with Gasteiger partial charge in [-0.3, -0.25) is 14.3 Å². The summed E-state index contributed by atoms with van der Waals surface area (Å²) in [6.45, 7) is 2.58. The molecule has 1 aromatic rings. The molecule has 1 saturated heterocycles. The molecule has 0 aromatic carbocycles. The van der Waals surface area contributed by atoms with Crippen LogP contribution in [0, 0.1) is 5.92 Å². The number of rotatable bonds is 4. The monoisotopic (exact) mass is 322 g/mol. The summed E-state index contributed by atoms with van der Waals surface area (Å²) in [5.41, 5.74) is -0.838. The van der Waals surface area contributed by atoms with Gasteiger partial charge in [0.25, 0.3) is 5.56 Å². The normalized spacial score (nSPS) is 27.1. The maximum absolute atomic E-state index is 11.7. The Labute approximate surface area is 116 Å². The van der Waals surface area contributed by atoms with Gasteiger partial charge in [0.05, 0.1) is 20.2 Å². The van der Waals surface area contributed by atoms with Gasteiger partial charge in [-0.05, 0) is 12.3 Å². The van der Waals surface area contributed by atoms with Crippen molar-refractivity contribution in [2.24, 2.45) is 5.92 Å². The van der Waals surface area contributed by atoms with Crippen molar-refractivity contribution >= 4 is 25.4 Å². The Morgan fingerprint density at radius 1 is 1.58 bits per heavy atom. The number of aromatic amines is 1. The molecule has 106 valence electrons. The van der Waals surface area contributed by atoms with Gasteiger partial charge >= 0.3 is 5.69 Å². The Morgan fingerprint density at radius 2 is 2.32 bits per heavy atom. The Balaban J connectivity index is 2.07. The van der Waals surface area contributed by atoms with E-state index in [1.165, 1.54) is 16.8 Å². The fourth-order valence-electron chi connectivity index (χ4n) is 2.06. The fraction of sp³-hybridized carbons (Fsp3) is 0.600. The molecule has 0 spiro atoms. The highest BCUT2D eigenvalue weighted by Gasteiger charge is 2.34. The molecular weight excluding hydrogens is 305 g/mol. The number of nitrogens with one attached hydrogen (secondary N) is 1. The lowest BCUT2D eigenvalue weighted by Crippen LogP contribution is -2.31. The summed E-state index contributed by atoms with van der Waals surface area (Å²) in [6.07, 6.45) is 1.83. The summed E-state index contributed by atoms with van der Waals surface area (Å²) < 4.78 is 12.8. The zero-order valence-corrected chi connectivity index (χ0v) is 13.7. The third-order valence-electron chi connectivity index (χ3n) is 3.09. The minimum absolute atomic E-state index is 0.0325.